The fourth-order valence-corrected chi connectivity index (χ4v) is 2.01. The molecule has 6 N–H and O–H groups in total. The summed E-state index contributed by atoms with van der Waals surface area (Å²) in [5.41, 5.74) is 11.0. The molecular formula is C16H22N2O6Pt. The third-order valence-electron chi connectivity index (χ3n) is 3.25. The van der Waals surface area contributed by atoms with Crippen LogP contribution in [0.5, 0.6) is 0 Å². The van der Waals surface area contributed by atoms with Crippen molar-refractivity contribution >= 4 is 11.9 Å². The number of rotatable bonds is 2. The minimum absolute atomic E-state index is 0. The molecule has 0 radical (unpaired) electrons. The molecule has 0 spiro atoms. The third kappa shape index (κ3) is 9.86. The van der Waals surface area contributed by atoms with Crippen molar-refractivity contribution in [3.8, 4) is 0 Å². The summed E-state index contributed by atoms with van der Waals surface area (Å²) in [6, 6.07) is 5.84. The predicted octanol–water partition coefficient (Wildman–Crippen LogP) is 2.52. The molecule has 0 aromatic carbocycles. The van der Waals surface area contributed by atoms with Crippen molar-refractivity contribution in [1.82, 2.24) is 0 Å². The summed E-state index contributed by atoms with van der Waals surface area (Å²) >= 11 is 0. The van der Waals surface area contributed by atoms with Gasteiger partial charge < -0.3 is 30.5 Å². The van der Waals surface area contributed by atoms with E-state index in [0.717, 1.165) is 12.8 Å². The smallest absolute Gasteiger partial charge is 0.371 e. The van der Waals surface area contributed by atoms with Gasteiger partial charge in [0.1, 0.15) is 0 Å². The number of hydrogen-bond acceptors (Lipinski definition) is 6. The molecule has 2 aromatic heterocycles. The number of furan rings is 2. The van der Waals surface area contributed by atoms with Crippen LogP contribution >= 0.6 is 0 Å². The largest absolute Gasteiger partial charge is 0.475 e. The monoisotopic (exact) mass is 533 g/mol. The van der Waals surface area contributed by atoms with Crippen LogP contribution in [0.1, 0.15) is 53.2 Å². The van der Waals surface area contributed by atoms with Gasteiger partial charge in [-0.2, -0.15) is 0 Å². The van der Waals surface area contributed by atoms with Crippen LogP contribution in [-0.2, 0) is 21.1 Å². The number of hydrogen-bond donors (Lipinski definition) is 4. The van der Waals surface area contributed by atoms with E-state index in [1.165, 1.54) is 56.1 Å². The van der Waals surface area contributed by atoms with E-state index in [0.29, 0.717) is 0 Å². The Hall–Kier alpha value is -1.89. The van der Waals surface area contributed by atoms with E-state index >= 15 is 0 Å². The van der Waals surface area contributed by atoms with Crippen molar-refractivity contribution in [2.75, 3.05) is 0 Å². The average Bonchev–Trinajstić information content (AvgIpc) is 3.22. The first-order valence-electron chi connectivity index (χ1n) is 7.43. The van der Waals surface area contributed by atoms with Gasteiger partial charge in [-0.3, -0.25) is 0 Å². The third-order valence-corrected chi connectivity index (χ3v) is 3.25. The normalized spacial score (nSPS) is 14.6. The van der Waals surface area contributed by atoms with Gasteiger partial charge in [-0.15, -0.1) is 0 Å². The number of carbonyl (C=O) groups is 2. The molecule has 1 fully saturated rings. The number of carboxylic acid groups (broad SMARTS) is 2. The van der Waals surface area contributed by atoms with Crippen LogP contribution in [0.2, 0.25) is 0 Å². The SMILES string of the molecule is NC1(N)CCCCC1.O=C(O)c1ccco1.O=C(O)c1ccco1.[Pt]. The second kappa shape index (κ2) is 11.6. The van der Waals surface area contributed by atoms with Crippen molar-refractivity contribution < 1.29 is 49.7 Å². The minimum Gasteiger partial charge on any atom is -0.475 e. The summed E-state index contributed by atoms with van der Waals surface area (Å²) < 4.78 is 8.99. The molecule has 9 heteroatoms. The maximum absolute atomic E-state index is 9.97. The van der Waals surface area contributed by atoms with E-state index in [1.54, 1.807) is 0 Å². The van der Waals surface area contributed by atoms with E-state index in [1.807, 2.05) is 0 Å². The van der Waals surface area contributed by atoms with Gasteiger partial charge in [0.05, 0.1) is 18.2 Å². The van der Waals surface area contributed by atoms with Crippen LogP contribution in [0.4, 0.5) is 0 Å². The summed E-state index contributed by atoms with van der Waals surface area (Å²) in [4.78, 5) is 19.9. The Morgan fingerprint density at radius 1 is 0.880 bits per heavy atom. The van der Waals surface area contributed by atoms with E-state index in [-0.39, 0.29) is 38.2 Å². The molecule has 1 aliphatic carbocycles. The molecule has 0 amide bonds. The summed E-state index contributed by atoms with van der Waals surface area (Å²) in [5, 5.41) is 16.4. The average molecular weight is 533 g/mol. The van der Waals surface area contributed by atoms with Crippen molar-refractivity contribution in [1.29, 1.82) is 0 Å². The molecule has 8 nitrogen and oxygen atoms in total. The molecule has 142 valence electrons. The number of aromatic carboxylic acids is 2. The van der Waals surface area contributed by atoms with Crippen molar-refractivity contribution in [3.63, 3.8) is 0 Å². The first-order chi connectivity index (χ1) is 11.3. The van der Waals surface area contributed by atoms with Gasteiger partial charge in [0.2, 0.25) is 11.5 Å². The van der Waals surface area contributed by atoms with Gasteiger partial charge in [-0.25, -0.2) is 9.59 Å². The molecule has 0 atom stereocenters. The second-order valence-electron chi connectivity index (χ2n) is 5.36. The molecule has 3 rings (SSSR count). The molecule has 2 heterocycles. The van der Waals surface area contributed by atoms with Gasteiger partial charge in [-0.1, -0.05) is 19.3 Å². The molecular weight excluding hydrogens is 511 g/mol. The Labute approximate surface area is 159 Å². The Morgan fingerprint density at radius 3 is 1.44 bits per heavy atom. The number of nitrogens with two attached hydrogens (primary N) is 2. The van der Waals surface area contributed by atoms with Crippen LogP contribution in [0.15, 0.2) is 45.6 Å². The maximum Gasteiger partial charge on any atom is 0.371 e. The second-order valence-corrected chi connectivity index (χ2v) is 5.36. The van der Waals surface area contributed by atoms with E-state index in [4.69, 9.17) is 21.7 Å². The van der Waals surface area contributed by atoms with Crippen molar-refractivity contribution in [2.45, 2.75) is 37.8 Å². The molecule has 0 aliphatic heterocycles. The minimum atomic E-state index is -1.03. The van der Waals surface area contributed by atoms with Gasteiger partial charge >= 0.3 is 11.9 Å². The van der Waals surface area contributed by atoms with Crippen LogP contribution in [0.3, 0.4) is 0 Å². The molecule has 1 saturated carbocycles. The van der Waals surface area contributed by atoms with Gasteiger partial charge in [0, 0.05) is 21.1 Å². The Bertz CT molecular complexity index is 558. The zero-order valence-corrected chi connectivity index (χ0v) is 15.8. The summed E-state index contributed by atoms with van der Waals surface area (Å²) in [6.07, 6.45) is 8.41. The molecule has 1 aliphatic rings. The topological polar surface area (TPSA) is 153 Å². The van der Waals surface area contributed by atoms with Gasteiger partial charge in [0.15, 0.2) is 0 Å². The Kier molecular flexibility index (Phi) is 10.7. The molecule has 0 saturated heterocycles. The fourth-order valence-electron chi connectivity index (χ4n) is 2.01. The summed E-state index contributed by atoms with van der Waals surface area (Å²) in [5.74, 6) is -2.11. The van der Waals surface area contributed by atoms with Crippen LogP contribution < -0.4 is 11.5 Å². The van der Waals surface area contributed by atoms with Crippen molar-refractivity contribution in [2.24, 2.45) is 11.5 Å². The molecule has 2 aromatic rings. The van der Waals surface area contributed by atoms with Crippen LogP contribution in [0.25, 0.3) is 0 Å². The van der Waals surface area contributed by atoms with Crippen LogP contribution in [-0.4, -0.2) is 27.8 Å². The van der Waals surface area contributed by atoms with E-state index < -0.39 is 11.9 Å². The summed E-state index contributed by atoms with van der Waals surface area (Å²) in [6.45, 7) is 0. The molecule has 0 bridgehead atoms. The zero-order chi connectivity index (χ0) is 18.0. The van der Waals surface area contributed by atoms with Crippen molar-refractivity contribution in [3.05, 3.63) is 48.3 Å². The predicted molar refractivity (Wildman–Crippen MR) is 85.5 cm³/mol. The van der Waals surface area contributed by atoms with Gasteiger partial charge in [-0.05, 0) is 37.1 Å². The Balaban J connectivity index is 0.000000339. The zero-order valence-electron chi connectivity index (χ0n) is 13.5. The number of carboxylic acids is 2. The maximum atomic E-state index is 9.97. The Morgan fingerprint density at radius 2 is 1.28 bits per heavy atom. The quantitative estimate of drug-likeness (QED) is 0.430. The molecule has 25 heavy (non-hydrogen) atoms. The van der Waals surface area contributed by atoms with E-state index in [2.05, 4.69) is 8.83 Å². The van der Waals surface area contributed by atoms with E-state index in [9.17, 15) is 9.59 Å². The van der Waals surface area contributed by atoms with Crippen LogP contribution in [0, 0.1) is 0 Å². The first kappa shape index (κ1) is 23.1. The summed E-state index contributed by atoms with van der Waals surface area (Å²) in [7, 11) is 0. The van der Waals surface area contributed by atoms with Gasteiger partial charge in [0.25, 0.3) is 0 Å². The fraction of sp³-hybridized carbons (Fsp3) is 0.375. The standard InChI is InChI=1S/C6H14N2.2C5H4O3.Pt/c7-6(8)4-2-1-3-5-6;2*6-5(7)4-2-1-3-8-4;/h1-5,7-8H2;2*1-3H,(H,6,7);. The first-order valence-corrected chi connectivity index (χ1v) is 7.43. The molecule has 0 unspecified atom stereocenters.